The largest absolute Gasteiger partial charge is 0.377 e. The SMILES string of the molecule is C=CC(C)C(=C)NC(C)C(N)=O. The van der Waals surface area contributed by atoms with E-state index in [1.165, 1.54) is 0 Å². The van der Waals surface area contributed by atoms with Gasteiger partial charge in [0.2, 0.25) is 5.91 Å². The Hall–Kier alpha value is -1.25. The van der Waals surface area contributed by atoms with Gasteiger partial charge in [-0.25, -0.2) is 0 Å². The van der Waals surface area contributed by atoms with Crippen LogP contribution in [0.5, 0.6) is 0 Å². The van der Waals surface area contributed by atoms with Gasteiger partial charge in [-0.05, 0) is 6.92 Å². The Morgan fingerprint density at radius 3 is 2.42 bits per heavy atom. The average Bonchev–Trinajstić information content (AvgIpc) is 2.02. The fourth-order valence-corrected chi connectivity index (χ4v) is 0.623. The Kier molecular flexibility index (Phi) is 4.11. The molecule has 3 heteroatoms. The van der Waals surface area contributed by atoms with Crippen LogP contribution in [0.3, 0.4) is 0 Å². The number of allylic oxidation sites excluding steroid dienone is 1. The van der Waals surface area contributed by atoms with E-state index in [1.807, 2.05) is 6.92 Å². The van der Waals surface area contributed by atoms with Crippen molar-refractivity contribution in [1.29, 1.82) is 0 Å². The van der Waals surface area contributed by atoms with Gasteiger partial charge in [0, 0.05) is 11.6 Å². The first-order valence-corrected chi connectivity index (χ1v) is 3.86. The van der Waals surface area contributed by atoms with E-state index in [0.29, 0.717) is 0 Å². The molecule has 2 atom stereocenters. The first kappa shape index (κ1) is 10.8. The molecule has 0 fully saturated rings. The maximum absolute atomic E-state index is 10.6. The third-order valence-corrected chi connectivity index (χ3v) is 1.73. The predicted octanol–water partition coefficient (Wildman–Crippen LogP) is 0.786. The number of nitrogens with two attached hydrogens (primary N) is 1. The molecule has 2 unspecified atom stereocenters. The Morgan fingerprint density at radius 2 is 2.08 bits per heavy atom. The van der Waals surface area contributed by atoms with Crippen molar-refractivity contribution in [2.45, 2.75) is 19.9 Å². The van der Waals surface area contributed by atoms with Crippen LogP contribution >= 0.6 is 0 Å². The maximum atomic E-state index is 10.6. The molecule has 0 aromatic rings. The zero-order chi connectivity index (χ0) is 9.72. The summed E-state index contributed by atoms with van der Waals surface area (Å²) in [5.41, 5.74) is 5.82. The second-order valence-corrected chi connectivity index (χ2v) is 2.82. The lowest BCUT2D eigenvalue weighted by atomic mass is 10.1. The highest BCUT2D eigenvalue weighted by Gasteiger charge is 2.10. The fraction of sp³-hybridized carbons (Fsp3) is 0.444. The second kappa shape index (κ2) is 4.59. The molecule has 0 saturated carbocycles. The van der Waals surface area contributed by atoms with Crippen molar-refractivity contribution in [2.24, 2.45) is 11.7 Å². The summed E-state index contributed by atoms with van der Waals surface area (Å²) in [6.45, 7) is 11.0. The highest BCUT2D eigenvalue weighted by atomic mass is 16.1. The lowest BCUT2D eigenvalue weighted by molar-refractivity contribution is -0.119. The minimum absolute atomic E-state index is 0.145. The Balaban J connectivity index is 4.00. The second-order valence-electron chi connectivity index (χ2n) is 2.82. The Morgan fingerprint density at radius 1 is 1.58 bits per heavy atom. The van der Waals surface area contributed by atoms with Gasteiger partial charge in [0.1, 0.15) is 6.04 Å². The summed E-state index contributed by atoms with van der Waals surface area (Å²) in [5, 5.41) is 2.89. The number of hydrogen-bond acceptors (Lipinski definition) is 2. The lowest BCUT2D eigenvalue weighted by Gasteiger charge is -2.16. The normalized spacial score (nSPS) is 14.5. The van der Waals surface area contributed by atoms with Gasteiger partial charge in [-0.1, -0.05) is 19.6 Å². The van der Waals surface area contributed by atoms with Crippen molar-refractivity contribution in [3.05, 3.63) is 24.9 Å². The number of amides is 1. The molecule has 0 saturated heterocycles. The Labute approximate surface area is 73.3 Å². The zero-order valence-corrected chi connectivity index (χ0v) is 7.63. The Bertz CT molecular complexity index is 199. The van der Waals surface area contributed by atoms with Gasteiger partial charge >= 0.3 is 0 Å². The summed E-state index contributed by atoms with van der Waals surface area (Å²) in [6.07, 6.45) is 1.75. The molecule has 68 valence electrons. The number of carbonyl (C=O) groups is 1. The summed E-state index contributed by atoms with van der Waals surface area (Å²) in [4.78, 5) is 10.6. The van der Waals surface area contributed by atoms with Crippen molar-refractivity contribution in [3.8, 4) is 0 Å². The standard InChI is InChI=1S/C9H16N2O/c1-5-6(2)7(3)11-8(4)9(10)12/h5-6,8,11H,1,3H2,2,4H3,(H2,10,12). The minimum atomic E-state index is -0.382. The first-order valence-electron chi connectivity index (χ1n) is 3.86. The molecule has 3 nitrogen and oxygen atoms in total. The fourth-order valence-electron chi connectivity index (χ4n) is 0.623. The van der Waals surface area contributed by atoms with Crippen LogP contribution in [-0.4, -0.2) is 11.9 Å². The summed E-state index contributed by atoms with van der Waals surface area (Å²) in [7, 11) is 0. The van der Waals surface area contributed by atoms with Gasteiger partial charge < -0.3 is 11.1 Å². The van der Waals surface area contributed by atoms with E-state index in [4.69, 9.17) is 5.73 Å². The van der Waals surface area contributed by atoms with Gasteiger partial charge in [-0.2, -0.15) is 0 Å². The molecule has 0 aliphatic rings. The van der Waals surface area contributed by atoms with Crippen molar-refractivity contribution in [1.82, 2.24) is 5.32 Å². The number of hydrogen-bond donors (Lipinski definition) is 2. The third kappa shape index (κ3) is 3.23. The van der Waals surface area contributed by atoms with Crippen molar-refractivity contribution < 1.29 is 4.79 Å². The van der Waals surface area contributed by atoms with E-state index in [0.717, 1.165) is 5.70 Å². The highest BCUT2D eigenvalue weighted by molar-refractivity contribution is 5.79. The van der Waals surface area contributed by atoms with E-state index < -0.39 is 0 Å². The van der Waals surface area contributed by atoms with Crippen molar-refractivity contribution >= 4 is 5.91 Å². The number of primary amides is 1. The molecule has 0 heterocycles. The van der Waals surface area contributed by atoms with E-state index in [9.17, 15) is 4.79 Å². The number of carbonyl (C=O) groups excluding carboxylic acids is 1. The summed E-state index contributed by atoms with van der Waals surface area (Å²) >= 11 is 0. The molecule has 0 spiro atoms. The molecule has 0 radical (unpaired) electrons. The third-order valence-electron chi connectivity index (χ3n) is 1.73. The summed E-state index contributed by atoms with van der Waals surface area (Å²) in [5.74, 6) is -0.237. The molecule has 12 heavy (non-hydrogen) atoms. The molecule has 0 aliphatic heterocycles. The van der Waals surface area contributed by atoms with Crippen LogP contribution in [0.1, 0.15) is 13.8 Å². The molecule has 0 aliphatic carbocycles. The van der Waals surface area contributed by atoms with Crippen molar-refractivity contribution in [3.63, 3.8) is 0 Å². The summed E-state index contributed by atoms with van der Waals surface area (Å²) < 4.78 is 0. The quantitative estimate of drug-likeness (QED) is 0.596. The van der Waals surface area contributed by atoms with E-state index in [-0.39, 0.29) is 17.9 Å². The molecular weight excluding hydrogens is 152 g/mol. The van der Waals surface area contributed by atoms with E-state index in [2.05, 4.69) is 18.5 Å². The summed E-state index contributed by atoms with van der Waals surface area (Å²) in [6, 6.07) is -0.375. The van der Waals surface area contributed by atoms with Crippen LogP contribution in [0, 0.1) is 5.92 Å². The molecule has 0 bridgehead atoms. The lowest BCUT2D eigenvalue weighted by Crippen LogP contribution is -2.38. The van der Waals surface area contributed by atoms with Crippen LogP contribution in [0.15, 0.2) is 24.9 Å². The molecule has 3 N–H and O–H groups in total. The van der Waals surface area contributed by atoms with Crippen LogP contribution < -0.4 is 11.1 Å². The molecule has 0 aromatic carbocycles. The monoisotopic (exact) mass is 168 g/mol. The molecular formula is C9H16N2O. The topological polar surface area (TPSA) is 55.1 Å². The number of rotatable bonds is 5. The minimum Gasteiger partial charge on any atom is -0.377 e. The smallest absolute Gasteiger partial charge is 0.239 e. The predicted molar refractivity (Wildman–Crippen MR) is 50.3 cm³/mol. The molecule has 0 aromatic heterocycles. The van der Waals surface area contributed by atoms with Gasteiger partial charge in [0.05, 0.1) is 0 Å². The van der Waals surface area contributed by atoms with Gasteiger partial charge in [-0.15, -0.1) is 6.58 Å². The highest BCUT2D eigenvalue weighted by Crippen LogP contribution is 2.05. The zero-order valence-electron chi connectivity index (χ0n) is 7.63. The van der Waals surface area contributed by atoms with Crippen molar-refractivity contribution in [2.75, 3.05) is 0 Å². The molecule has 0 rings (SSSR count). The average molecular weight is 168 g/mol. The van der Waals surface area contributed by atoms with Crippen LogP contribution in [0.2, 0.25) is 0 Å². The van der Waals surface area contributed by atoms with Gasteiger partial charge in [0.15, 0.2) is 0 Å². The van der Waals surface area contributed by atoms with Gasteiger partial charge in [-0.3, -0.25) is 4.79 Å². The van der Waals surface area contributed by atoms with Crippen LogP contribution in [-0.2, 0) is 4.79 Å². The maximum Gasteiger partial charge on any atom is 0.239 e. The van der Waals surface area contributed by atoms with E-state index in [1.54, 1.807) is 13.0 Å². The first-order chi connectivity index (χ1) is 5.49. The number of nitrogens with one attached hydrogen (secondary N) is 1. The van der Waals surface area contributed by atoms with Crippen LogP contribution in [0.4, 0.5) is 0 Å². The van der Waals surface area contributed by atoms with E-state index >= 15 is 0 Å². The van der Waals surface area contributed by atoms with Crippen LogP contribution in [0.25, 0.3) is 0 Å². The molecule has 1 amide bonds. The van der Waals surface area contributed by atoms with Gasteiger partial charge in [0.25, 0.3) is 0 Å².